The molecule has 5 nitrogen and oxygen atoms in total. The summed E-state index contributed by atoms with van der Waals surface area (Å²) >= 11 is 0. The number of rotatable bonds is 5. The van der Waals surface area contributed by atoms with E-state index in [0.29, 0.717) is 12.4 Å². The van der Waals surface area contributed by atoms with Gasteiger partial charge >= 0.3 is 0 Å². The molecule has 2 aromatic carbocycles. The van der Waals surface area contributed by atoms with Crippen LogP contribution < -0.4 is 14.8 Å². The highest BCUT2D eigenvalue weighted by Crippen LogP contribution is 2.31. The first-order valence-corrected chi connectivity index (χ1v) is 8.59. The van der Waals surface area contributed by atoms with E-state index in [9.17, 15) is 4.79 Å². The van der Waals surface area contributed by atoms with Crippen molar-refractivity contribution < 1.29 is 18.7 Å². The lowest BCUT2D eigenvalue weighted by molar-refractivity contribution is 0.0892. The molecule has 0 aliphatic carbocycles. The van der Waals surface area contributed by atoms with Gasteiger partial charge in [-0.1, -0.05) is 36.4 Å². The minimum atomic E-state index is -0.238. The number of ether oxygens (including phenoxy) is 2. The molecule has 2 heterocycles. The Balaban J connectivity index is 1.39. The number of hydrogen-bond donors (Lipinski definition) is 1. The molecule has 0 spiro atoms. The van der Waals surface area contributed by atoms with Gasteiger partial charge in [0.2, 0.25) is 0 Å². The van der Waals surface area contributed by atoms with Crippen molar-refractivity contribution in [1.82, 2.24) is 5.32 Å². The molecule has 1 aromatic heterocycles. The summed E-state index contributed by atoms with van der Waals surface area (Å²) in [5, 5.41) is 3.02. The summed E-state index contributed by atoms with van der Waals surface area (Å²) < 4.78 is 16.9. The van der Waals surface area contributed by atoms with Crippen molar-refractivity contribution >= 4 is 5.91 Å². The van der Waals surface area contributed by atoms with Gasteiger partial charge in [-0.15, -0.1) is 0 Å². The molecule has 0 unspecified atom stereocenters. The van der Waals surface area contributed by atoms with Crippen LogP contribution in [0.15, 0.2) is 71.1 Å². The molecule has 0 fully saturated rings. The molecule has 0 radical (unpaired) electrons. The van der Waals surface area contributed by atoms with Gasteiger partial charge in [0.1, 0.15) is 23.9 Å². The van der Waals surface area contributed by atoms with E-state index < -0.39 is 0 Å². The number of fused-ring (bicyclic) bond motifs is 1. The fourth-order valence-corrected chi connectivity index (χ4v) is 2.97. The fraction of sp³-hybridized carbons (Fsp3) is 0.190. The maximum absolute atomic E-state index is 12.5. The lowest BCUT2D eigenvalue weighted by Crippen LogP contribution is -2.31. The second kappa shape index (κ2) is 7.35. The van der Waals surface area contributed by atoms with Gasteiger partial charge in [0.15, 0.2) is 5.76 Å². The lowest BCUT2D eigenvalue weighted by atomic mass is 10.0. The van der Waals surface area contributed by atoms with Gasteiger partial charge in [-0.2, -0.15) is 0 Å². The maximum atomic E-state index is 12.5. The van der Waals surface area contributed by atoms with E-state index in [1.165, 1.54) is 0 Å². The van der Waals surface area contributed by atoms with Crippen LogP contribution in [0.3, 0.4) is 0 Å². The highest BCUT2D eigenvalue weighted by atomic mass is 16.5. The number of carbonyl (C=O) groups is 1. The van der Waals surface area contributed by atoms with Gasteiger partial charge in [-0.25, -0.2) is 0 Å². The van der Waals surface area contributed by atoms with Crippen molar-refractivity contribution in [2.45, 2.75) is 19.1 Å². The number of carbonyl (C=O) groups excluding carboxylic acids is 1. The Morgan fingerprint density at radius 3 is 2.73 bits per heavy atom. The van der Waals surface area contributed by atoms with E-state index in [0.717, 1.165) is 23.5 Å². The Labute approximate surface area is 151 Å². The van der Waals surface area contributed by atoms with E-state index in [2.05, 4.69) is 5.32 Å². The maximum Gasteiger partial charge on any atom is 0.287 e. The summed E-state index contributed by atoms with van der Waals surface area (Å²) in [4.78, 5) is 12.5. The van der Waals surface area contributed by atoms with Crippen LogP contribution in [0.2, 0.25) is 0 Å². The van der Waals surface area contributed by atoms with Crippen molar-refractivity contribution in [3.05, 3.63) is 83.8 Å². The fourth-order valence-electron chi connectivity index (χ4n) is 2.97. The minimum absolute atomic E-state index is 0.0819. The van der Waals surface area contributed by atoms with Crippen LogP contribution in [0.25, 0.3) is 0 Å². The second-order valence-electron chi connectivity index (χ2n) is 6.07. The van der Waals surface area contributed by atoms with Crippen LogP contribution in [0, 0.1) is 0 Å². The molecular formula is C21H19NO4. The summed E-state index contributed by atoms with van der Waals surface area (Å²) in [6.45, 7) is 0.855. The molecule has 0 bridgehead atoms. The molecule has 1 aliphatic heterocycles. The van der Waals surface area contributed by atoms with Gasteiger partial charge in [0.05, 0.1) is 12.6 Å². The van der Waals surface area contributed by atoms with Gasteiger partial charge in [-0.3, -0.25) is 4.79 Å². The number of amides is 1. The van der Waals surface area contributed by atoms with Crippen molar-refractivity contribution in [3.8, 4) is 11.5 Å². The van der Waals surface area contributed by atoms with Crippen LogP contribution in [-0.2, 0) is 6.61 Å². The van der Waals surface area contributed by atoms with Crippen LogP contribution in [-0.4, -0.2) is 12.5 Å². The minimum Gasteiger partial charge on any atom is -0.493 e. The zero-order valence-electron chi connectivity index (χ0n) is 14.2. The number of benzene rings is 2. The average molecular weight is 349 g/mol. The third-order valence-corrected chi connectivity index (χ3v) is 4.27. The molecule has 5 heteroatoms. The second-order valence-corrected chi connectivity index (χ2v) is 6.07. The van der Waals surface area contributed by atoms with E-state index in [1.807, 2.05) is 54.6 Å². The first-order valence-electron chi connectivity index (χ1n) is 8.59. The summed E-state index contributed by atoms with van der Waals surface area (Å²) in [6.07, 6.45) is 0.730. The molecule has 1 N–H and O–H groups in total. The van der Waals surface area contributed by atoms with Crippen molar-refractivity contribution in [2.24, 2.45) is 0 Å². The van der Waals surface area contributed by atoms with Gasteiger partial charge in [0, 0.05) is 12.0 Å². The third kappa shape index (κ3) is 3.57. The van der Waals surface area contributed by atoms with Crippen molar-refractivity contribution in [3.63, 3.8) is 0 Å². The number of furan rings is 1. The van der Waals surface area contributed by atoms with E-state index >= 15 is 0 Å². The Kier molecular flexibility index (Phi) is 4.60. The van der Waals surface area contributed by atoms with Crippen molar-refractivity contribution in [1.29, 1.82) is 0 Å². The highest BCUT2D eigenvalue weighted by molar-refractivity contribution is 5.91. The molecule has 0 saturated carbocycles. The monoisotopic (exact) mass is 349 g/mol. The van der Waals surface area contributed by atoms with Crippen LogP contribution in [0.1, 0.15) is 34.3 Å². The lowest BCUT2D eigenvalue weighted by Gasteiger charge is -2.26. The number of hydrogen-bond acceptors (Lipinski definition) is 4. The summed E-state index contributed by atoms with van der Waals surface area (Å²) in [7, 11) is 0. The topological polar surface area (TPSA) is 60.7 Å². The molecule has 26 heavy (non-hydrogen) atoms. The van der Waals surface area contributed by atoms with Gasteiger partial charge < -0.3 is 19.2 Å². The number of nitrogens with one attached hydrogen (secondary N) is 1. The van der Waals surface area contributed by atoms with E-state index in [1.54, 1.807) is 12.1 Å². The molecule has 1 amide bonds. The molecule has 1 atom stereocenters. The summed E-state index contributed by atoms with van der Waals surface area (Å²) in [5.41, 5.74) is 0.992. The molecule has 132 valence electrons. The smallest absolute Gasteiger partial charge is 0.287 e. The molecular weight excluding hydrogens is 330 g/mol. The molecule has 0 saturated heterocycles. The van der Waals surface area contributed by atoms with Gasteiger partial charge in [-0.05, 0) is 30.3 Å². The Bertz CT molecular complexity index is 888. The Morgan fingerprint density at radius 1 is 1.04 bits per heavy atom. The third-order valence-electron chi connectivity index (χ3n) is 4.27. The van der Waals surface area contributed by atoms with Gasteiger partial charge in [0.25, 0.3) is 5.91 Å². The molecule has 3 aromatic rings. The largest absolute Gasteiger partial charge is 0.493 e. The first kappa shape index (κ1) is 16.3. The zero-order valence-corrected chi connectivity index (χ0v) is 14.2. The normalized spacial score (nSPS) is 15.6. The Hall–Kier alpha value is -3.21. The first-order chi connectivity index (χ1) is 12.8. The standard InChI is InChI=1S/C21H19NO4/c23-21(22-18-12-13-24-19-9-5-4-8-17(18)19)20-11-10-16(26-20)14-25-15-6-2-1-3-7-15/h1-11,18H,12-14H2,(H,22,23)/t18-/m1/s1. The highest BCUT2D eigenvalue weighted by Gasteiger charge is 2.24. The van der Waals surface area contributed by atoms with Crippen LogP contribution >= 0.6 is 0 Å². The Morgan fingerprint density at radius 2 is 1.85 bits per heavy atom. The van der Waals surface area contributed by atoms with Crippen LogP contribution in [0.4, 0.5) is 0 Å². The average Bonchev–Trinajstić information content (AvgIpc) is 3.17. The van der Waals surface area contributed by atoms with Crippen LogP contribution in [0.5, 0.6) is 11.5 Å². The zero-order chi connectivity index (χ0) is 17.8. The van der Waals surface area contributed by atoms with E-state index in [4.69, 9.17) is 13.9 Å². The molecule has 4 rings (SSSR count). The van der Waals surface area contributed by atoms with E-state index in [-0.39, 0.29) is 24.3 Å². The predicted octanol–water partition coefficient (Wildman–Crippen LogP) is 4.11. The SMILES string of the molecule is O=C(N[C@@H]1CCOc2ccccc21)c1ccc(COc2ccccc2)o1. The summed E-state index contributed by atoms with van der Waals surface area (Å²) in [6, 6.07) is 20.6. The predicted molar refractivity (Wildman–Crippen MR) is 96.2 cm³/mol. The molecule has 1 aliphatic rings. The number of para-hydroxylation sites is 2. The summed E-state index contributed by atoms with van der Waals surface area (Å²) in [5.74, 6) is 2.22. The quantitative estimate of drug-likeness (QED) is 0.753. The van der Waals surface area contributed by atoms with Crippen molar-refractivity contribution in [2.75, 3.05) is 6.61 Å².